The highest BCUT2D eigenvalue weighted by atomic mass is 35.5. The molecule has 1 aromatic carbocycles. The topological polar surface area (TPSA) is 35.8 Å². The van der Waals surface area contributed by atoms with Crippen LogP contribution in [0.2, 0.25) is 5.02 Å². The maximum atomic E-state index is 8.97. The summed E-state index contributed by atoms with van der Waals surface area (Å²) < 4.78 is 0. The summed E-state index contributed by atoms with van der Waals surface area (Å²) in [6.07, 6.45) is 0.849. The van der Waals surface area contributed by atoms with Crippen molar-refractivity contribution in [3.8, 4) is 6.07 Å². The van der Waals surface area contributed by atoms with E-state index >= 15 is 0 Å². The van der Waals surface area contributed by atoms with Gasteiger partial charge in [0.15, 0.2) is 0 Å². The standard InChI is InChI=1S/C13H17ClN2S/c1-10(2)16-12(9-15)7-8-17-13-5-3-11(14)4-6-13/h3-6,10,12,16H,7-8H2,1-2H3. The lowest BCUT2D eigenvalue weighted by Crippen LogP contribution is -2.33. The Labute approximate surface area is 112 Å². The normalized spacial score (nSPS) is 12.4. The van der Waals surface area contributed by atoms with Gasteiger partial charge in [0.05, 0.1) is 12.1 Å². The lowest BCUT2D eigenvalue weighted by molar-refractivity contribution is 0.522. The summed E-state index contributed by atoms with van der Waals surface area (Å²) in [7, 11) is 0. The molecule has 0 spiro atoms. The van der Waals surface area contributed by atoms with E-state index in [0.29, 0.717) is 6.04 Å². The molecular formula is C13H17ClN2S. The zero-order valence-electron chi connectivity index (χ0n) is 10.1. The third kappa shape index (κ3) is 5.97. The molecule has 92 valence electrons. The van der Waals surface area contributed by atoms with Crippen LogP contribution in [-0.2, 0) is 0 Å². The molecule has 0 saturated heterocycles. The van der Waals surface area contributed by atoms with E-state index < -0.39 is 0 Å². The number of nitriles is 1. The van der Waals surface area contributed by atoms with Crippen molar-refractivity contribution in [2.45, 2.75) is 37.2 Å². The monoisotopic (exact) mass is 268 g/mol. The van der Waals surface area contributed by atoms with E-state index in [4.69, 9.17) is 16.9 Å². The van der Waals surface area contributed by atoms with Gasteiger partial charge in [-0.05, 0) is 44.5 Å². The predicted molar refractivity (Wildman–Crippen MR) is 74.5 cm³/mol. The van der Waals surface area contributed by atoms with Gasteiger partial charge in [0, 0.05) is 21.7 Å². The number of benzene rings is 1. The minimum absolute atomic E-state index is 0.0604. The first-order valence-electron chi connectivity index (χ1n) is 5.66. The van der Waals surface area contributed by atoms with Crippen LogP contribution in [0.25, 0.3) is 0 Å². The largest absolute Gasteiger partial charge is 0.300 e. The molecule has 1 rings (SSSR count). The van der Waals surface area contributed by atoms with Crippen molar-refractivity contribution in [2.24, 2.45) is 0 Å². The Hall–Kier alpha value is -0.690. The van der Waals surface area contributed by atoms with Crippen molar-refractivity contribution in [1.82, 2.24) is 5.32 Å². The first-order valence-corrected chi connectivity index (χ1v) is 7.02. The molecule has 1 aromatic rings. The van der Waals surface area contributed by atoms with Gasteiger partial charge in [-0.15, -0.1) is 11.8 Å². The predicted octanol–water partition coefficient (Wildman–Crippen LogP) is 3.71. The molecule has 4 heteroatoms. The molecule has 0 radical (unpaired) electrons. The number of hydrogen-bond acceptors (Lipinski definition) is 3. The van der Waals surface area contributed by atoms with Gasteiger partial charge in [0.2, 0.25) is 0 Å². The van der Waals surface area contributed by atoms with E-state index in [1.165, 1.54) is 4.90 Å². The number of nitrogens with one attached hydrogen (secondary N) is 1. The van der Waals surface area contributed by atoms with Crippen LogP contribution in [0.5, 0.6) is 0 Å². The summed E-state index contributed by atoms with van der Waals surface area (Å²) in [5.74, 6) is 0.930. The minimum Gasteiger partial charge on any atom is -0.300 e. The first kappa shape index (κ1) is 14.4. The number of rotatable bonds is 6. The Balaban J connectivity index is 2.31. The Morgan fingerprint density at radius 3 is 2.53 bits per heavy atom. The van der Waals surface area contributed by atoms with E-state index in [1.807, 2.05) is 24.3 Å². The maximum Gasteiger partial charge on any atom is 0.0962 e. The van der Waals surface area contributed by atoms with Crippen LogP contribution in [0.15, 0.2) is 29.2 Å². The van der Waals surface area contributed by atoms with Crippen LogP contribution in [0.3, 0.4) is 0 Å². The van der Waals surface area contributed by atoms with Crippen molar-refractivity contribution >= 4 is 23.4 Å². The number of thioether (sulfide) groups is 1. The lowest BCUT2D eigenvalue weighted by Gasteiger charge is -2.13. The van der Waals surface area contributed by atoms with Crippen molar-refractivity contribution < 1.29 is 0 Å². The molecular weight excluding hydrogens is 252 g/mol. The molecule has 0 saturated carbocycles. The van der Waals surface area contributed by atoms with Gasteiger partial charge < -0.3 is 0 Å². The average Bonchev–Trinajstić information content (AvgIpc) is 2.30. The van der Waals surface area contributed by atoms with E-state index in [9.17, 15) is 0 Å². The molecule has 1 atom stereocenters. The third-order valence-corrected chi connectivity index (χ3v) is 3.48. The Morgan fingerprint density at radius 2 is 2.00 bits per heavy atom. The van der Waals surface area contributed by atoms with E-state index in [2.05, 4.69) is 25.2 Å². The highest BCUT2D eigenvalue weighted by molar-refractivity contribution is 7.99. The second kappa shape index (κ2) is 7.60. The summed E-state index contributed by atoms with van der Waals surface area (Å²) in [4.78, 5) is 1.19. The fourth-order valence-electron chi connectivity index (χ4n) is 1.41. The average molecular weight is 269 g/mol. The van der Waals surface area contributed by atoms with Crippen molar-refractivity contribution in [3.05, 3.63) is 29.3 Å². The Bertz CT molecular complexity index is 370. The summed E-state index contributed by atoms with van der Waals surface area (Å²) in [5.41, 5.74) is 0. The number of halogens is 1. The zero-order valence-corrected chi connectivity index (χ0v) is 11.7. The van der Waals surface area contributed by atoms with Crippen molar-refractivity contribution in [1.29, 1.82) is 5.26 Å². The lowest BCUT2D eigenvalue weighted by atomic mass is 10.2. The maximum absolute atomic E-state index is 8.97. The van der Waals surface area contributed by atoms with Crippen LogP contribution in [-0.4, -0.2) is 17.8 Å². The summed E-state index contributed by atoms with van der Waals surface area (Å²) in [5, 5.41) is 13.0. The highest BCUT2D eigenvalue weighted by Gasteiger charge is 2.08. The van der Waals surface area contributed by atoms with Crippen LogP contribution >= 0.6 is 23.4 Å². The first-order chi connectivity index (χ1) is 8.11. The van der Waals surface area contributed by atoms with Crippen LogP contribution in [0.1, 0.15) is 20.3 Å². The van der Waals surface area contributed by atoms with Gasteiger partial charge in [0.1, 0.15) is 0 Å². The molecule has 0 aliphatic heterocycles. The van der Waals surface area contributed by atoms with E-state index in [-0.39, 0.29) is 6.04 Å². The highest BCUT2D eigenvalue weighted by Crippen LogP contribution is 2.21. The molecule has 0 aromatic heterocycles. The molecule has 0 fully saturated rings. The van der Waals surface area contributed by atoms with Gasteiger partial charge in [-0.25, -0.2) is 0 Å². The molecule has 1 unspecified atom stereocenters. The molecule has 0 aliphatic rings. The van der Waals surface area contributed by atoms with Gasteiger partial charge in [-0.3, -0.25) is 5.32 Å². The van der Waals surface area contributed by atoms with Gasteiger partial charge in [-0.1, -0.05) is 11.6 Å². The zero-order chi connectivity index (χ0) is 12.7. The van der Waals surface area contributed by atoms with Gasteiger partial charge in [0.25, 0.3) is 0 Å². The second-order valence-electron chi connectivity index (χ2n) is 4.09. The van der Waals surface area contributed by atoms with Crippen molar-refractivity contribution in [2.75, 3.05) is 5.75 Å². The molecule has 1 N–H and O–H groups in total. The summed E-state index contributed by atoms with van der Waals surface area (Å²) in [6, 6.07) is 10.4. The van der Waals surface area contributed by atoms with Crippen LogP contribution in [0.4, 0.5) is 0 Å². The van der Waals surface area contributed by atoms with Crippen molar-refractivity contribution in [3.63, 3.8) is 0 Å². The quantitative estimate of drug-likeness (QED) is 0.799. The second-order valence-corrected chi connectivity index (χ2v) is 5.70. The fraction of sp³-hybridized carbons (Fsp3) is 0.462. The molecule has 17 heavy (non-hydrogen) atoms. The summed E-state index contributed by atoms with van der Waals surface area (Å²) >= 11 is 7.56. The summed E-state index contributed by atoms with van der Waals surface area (Å²) in [6.45, 7) is 4.10. The minimum atomic E-state index is -0.0604. The number of hydrogen-bond donors (Lipinski definition) is 1. The molecule has 0 bridgehead atoms. The number of nitrogens with zero attached hydrogens (tertiary/aromatic N) is 1. The van der Waals surface area contributed by atoms with E-state index in [0.717, 1.165) is 17.2 Å². The Kier molecular flexibility index (Phi) is 6.43. The third-order valence-electron chi connectivity index (χ3n) is 2.18. The van der Waals surface area contributed by atoms with Crippen LogP contribution in [0, 0.1) is 11.3 Å². The molecule has 0 heterocycles. The molecule has 0 amide bonds. The molecule has 0 aliphatic carbocycles. The fourth-order valence-corrected chi connectivity index (χ4v) is 2.46. The van der Waals surface area contributed by atoms with Gasteiger partial charge in [-0.2, -0.15) is 5.26 Å². The van der Waals surface area contributed by atoms with Gasteiger partial charge >= 0.3 is 0 Å². The molecule has 2 nitrogen and oxygen atoms in total. The Morgan fingerprint density at radius 1 is 1.35 bits per heavy atom. The smallest absolute Gasteiger partial charge is 0.0962 e. The SMILES string of the molecule is CC(C)NC(C#N)CCSc1ccc(Cl)cc1. The van der Waals surface area contributed by atoms with E-state index in [1.54, 1.807) is 11.8 Å². The van der Waals surface area contributed by atoms with Crippen LogP contribution < -0.4 is 5.32 Å².